The molecule has 0 radical (unpaired) electrons. The summed E-state index contributed by atoms with van der Waals surface area (Å²) in [7, 11) is 0. The monoisotopic (exact) mass is 420 g/mol. The maximum Gasteiger partial charge on any atom is 0.362 e. The average Bonchev–Trinajstić information content (AvgIpc) is 3.33. The first-order valence-corrected chi connectivity index (χ1v) is 9.80. The van der Waals surface area contributed by atoms with Crippen molar-refractivity contribution in [2.24, 2.45) is 0 Å². The summed E-state index contributed by atoms with van der Waals surface area (Å²) in [5.41, 5.74) is 1.49. The molecule has 1 aromatic carbocycles. The molecule has 3 rings (SSSR count). The van der Waals surface area contributed by atoms with Crippen LogP contribution in [0.5, 0.6) is 0 Å². The fourth-order valence-corrected chi connectivity index (χ4v) is 3.30. The molecule has 2 heterocycles. The van der Waals surface area contributed by atoms with E-state index in [1.165, 1.54) is 0 Å². The average molecular weight is 420 g/mol. The Morgan fingerprint density at radius 2 is 1.29 bits per heavy atom. The van der Waals surface area contributed by atoms with Crippen LogP contribution in [0.1, 0.15) is 34.8 Å². The van der Waals surface area contributed by atoms with Crippen LogP contribution in [0.3, 0.4) is 0 Å². The van der Waals surface area contributed by atoms with E-state index in [4.69, 9.17) is 9.47 Å². The number of benzene rings is 1. The van der Waals surface area contributed by atoms with Gasteiger partial charge in [0.05, 0.1) is 24.6 Å². The first-order chi connectivity index (χ1) is 13.6. The highest BCUT2D eigenvalue weighted by molar-refractivity contribution is 7.10. The third-order valence-electron chi connectivity index (χ3n) is 3.34. The van der Waals surface area contributed by atoms with E-state index in [0.717, 1.165) is 23.1 Å². The molecule has 0 saturated heterocycles. The summed E-state index contributed by atoms with van der Waals surface area (Å²) in [5.74, 6) is -1.11. The Morgan fingerprint density at radius 1 is 0.857 bits per heavy atom. The van der Waals surface area contributed by atoms with E-state index in [1.807, 2.05) is 12.1 Å². The molecule has 0 saturated carbocycles. The van der Waals surface area contributed by atoms with Gasteiger partial charge in [-0.25, -0.2) is 9.59 Å². The van der Waals surface area contributed by atoms with Gasteiger partial charge in [-0.1, -0.05) is 21.1 Å². The Balaban J connectivity index is 1.84. The summed E-state index contributed by atoms with van der Waals surface area (Å²) in [6.45, 7) is 3.91. The van der Waals surface area contributed by atoms with Crippen LogP contribution in [0.15, 0.2) is 24.3 Å². The van der Waals surface area contributed by atoms with Crippen LogP contribution in [0.2, 0.25) is 0 Å². The molecule has 10 nitrogen and oxygen atoms in total. The molecule has 28 heavy (non-hydrogen) atoms. The molecule has 0 spiro atoms. The highest BCUT2D eigenvalue weighted by Crippen LogP contribution is 2.32. The van der Waals surface area contributed by atoms with Crippen LogP contribution in [-0.2, 0) is 9.47 Å². The fourth-order valence-electron chi connectivity index (χ4n) is 2.16. The van der Waals surface area contributed by atoms with Crippen molar-refractivity contribution in [1.82, 2.24) is 19.2 Å². The Labute approximate surface area is 168 Å². The molecule has 146 valence electrons. The minimum absolute atomic E-state index is 0.105. The van der Waals surface area contributed by atoms with Crippen molar-refractivity contribution < 1.29 is 19.1 Å². The lowest BCUT2D eigenvalue weighted by Crippen LogP contribution is -2.09. The van der Waals surface area contributed by atoms with Crippen molar-refractivity contribution in [3.63, 3.8) is 0 Å². The second kappa shape index (κ2) is 9.19. The second-order valence-electron chi connectivity index (χ2n) is 5.14. The molecule has 0 atom stereocenters. The molecule has 0 fully saturated rings. The number of ether oxygens (including phenoxy) is 2. The Bertz CT molecular complexity index is 896. The van der Waals surface area contributed by atoms with Gasteiger partial charge >= 0.3 is 11.9 Å². The molecule has 0 aliphatic carbocycles. The van der Waals surface area contributed by atoms with Crippen molar-refractivity contribution in [2.45, 2.75) is 13.8 Å². The Kier molecular flexibility index (Phi) is 6.45. The van der Waals surface area contributed by atoms with Crippen molar-refractivity contribution >= 4 is 56.4 Å². The number of anilines is 4. The van der Waals surface area contributed by atoms with E-state index in [0.29, 0.717) is 21.4 Å². The molecule has 0 amide bonds. The number of esters is 2. The van der Waals surface area contributed by atoms with Crippen LogP contribution >= 0.6 is 23.1 Å². The summed E-state index contributed by atoms with van der Waals surface area (Å²) >= 11 is 2.07. The molecule has 2 N–H and O–H groups in total. The van der Waals surface area contributed by atoms with Crippen molar-refractivity contribution in [1.29, 1.82) is 0 Å². The van der Waals surface area contributed by atoms with Gasteiger partial charge in [-0.3, -0.25) is 0 Å². The van der Waals surface area contributed by atoms with Crippen molar-refractivity contribution in [2.75, 3.05) is 23.8 Å². The van der Waals surface area contributed by atoms with E-state index in [1.54, 1.807) is 26.0 Å². The Morgan fingerprint density at radius 3 is 1.68 bits per heavy atom. The molecule has 3 aromatic rings. The van der Waals surface area contributed by atoms with Gasteiger partial charge in [-0.05, 0) is 26.0 Å². The van der Waals surface area contributed by atoms with Gasteiger partial charge in [0.25, 0.3) is 0 Å². The molecule has 2 aromatic heterocycles. The third kappa shape index (κ3) is 4.40. The normalized spacial score (nSPS) is 10.4. The minimum Gasteiger partial charge on any atom is -0.461 e. The number of rotatable bonds is 8. The van der Waals surface area contributed by atoms with Gasteiger partial charge in [0.1, 0.15) is 10.0 Å². The van der Waals surface area contributed by atoms with E-state index < -0.39 is 11.9 Å². The van der Waals surface area contributed by atoms with Crippen LogP contribution in [-0.4, -0.2) is 44.3 Å². The zero-order chi connectivity index (χ0) is 19.9. The highest BCUT2D eigenvalue weighted by Gasteiger charge is 2.21. The van der Waals surface area contributed by atoms with Gasteiger partial charge in [0.2, 0.25) is 11.4 Å². The summed E-state index contributed by atoms with van der Waals surface area (Å²) in [4.78, 5) is 24.0. The zero-order valence-electron chi connectivity index (χ0n) is 15.0. The van der Waals surface area contributed by atoms with Gasteiger partial charge in [0.15, 0.2) is 0 Å². The van der Waals surface area contributed by atoms with Gasteiger partial charge in [-0.2, -0.15) is 0 Å². The van der Waals surface area contributed by atoms with Gasteiger partial charge < -0.3 is 20.1 Å². The SMILES string of the molecule is CCOC(=O)c1nnsc1Nc1ccccc1Nc1snnc1C(=O)OCC. The molecule has 0 aliphatic rings. The second-order valence-corrected chi connectivity index (χ2v) is 6.65. The quantitative estimate of drug-likeness (QED) is 0.524. The summed E-state index contributed by atoms with van der Waals surface area (Å²) < 4.78 is 17.6. The standard InChI is InChI=1S/C16H16N6O4S2/c1-3-25-15(23)11-13(27-21-19-11)17-9-7-5-6-8-10(9)18-14-12(20-22-28-14)16(24)26-4-2/h5-8,17-18H,3-4H2,1-2H3. The Hall–Kier alpha value is -3.12. The van der Waals surface area contributed by atoms with E-state index in [-0.39, 0.29) is 24.6 Å². The number of para-hydroxylation sites is 2. The number of aromatic nitrogens is 4. The molecule has 0 aliphatic heterocycles. The molecule has 12 heteroatoms. The molecular weight excluding hydrogens is 404 g/mol. The van der Waals surface area contributed by atoms with E-state index >= 15 is 0 Å². The minimum atomic E-state index is -0.555. The summed E-state index contributed by atoms with van der Waals surface area (Å²) in [5, 5.41) is 14.8. The number of nitrogens with one attached hydrogen (secondary N) is 2. The van der Waals surface area contributed by atoms with Crippen molar-refractivity contribution in [3.05, 3.63) is 35.7 Å². The van der Waals surface area contributed by atoms with Gasteiger partial charge in [-0.15, -0.1) is 10.2 Å². The molecule has 0 bridgehead atoms. The number of nitrogens with zero attached hydrogens (tertiary/aromatic N) is 4. The lowest BCUT2D eigenvalue weighted by molar-refractivity contribution is 0.0511. The number of hydrogen-bond donors (Lipinski definition) is 2. The predicted octanol–water partition coefficient (Wildman–Crippen LogP) is 3.23. The summed E-state index contributed by atoms with van der Waals surface area (Å²) in [6, 6.07) is 7.25. The maximum atomic E-state index is 12.0. The van der Waals surface area contributed by atoms with Crippen LogP contribution in [0.4, 0.5) is 21.4 Å². The van der Waals surface area contributed by atoms with Crippen LogP contribution < -0.4 is 10.6 Å². The predicted molar refractivity (Wildman–Crippen MR) is 105 cm³/mol. The fraction of sp³-hybridized carbons (Fsp3) is 0.250. The summed E-state index contributed by atoms with van der Waals surface area (Å²) in [6.07, 6.45) is 0. The molecular formula is C16H16N6O4S2. The third-order valence-corrected chi connectivity index (χ3v) is 4.62. The lowest BCUT2D eigenvalue weighted by atomic mass is 10.2. The van der Waals surface area contributed by atoms with Crippen LogP contribution in [0.25, 0.3) is 0 Å². The largest absolute Gasteiger partial charge is 0.461 e. The highest BCUT2D eigenvalue weighted by atomic mass is 32.1. The number of carbonyl (C=O) groups is 2. The van der Waals surface area contributed by atoms with Crippen LogP contribution in [0, 0.1) is 0 Å². The zero-order valence-corrected chi connectivity index (χ0v) is 16.6. The first kappa shape index (κ1) is 19.6. The number of hydrogen-bond acceptors (Lipinski definition) is 12. The van der Waals surface area contributed by atoms with Crippen molar-refractivity contribution in [3.8, 4) is 0 Å². The smallest absolute Gasteiger partial charge is 0.362 e. The number of carbonyl (C=O) groups excluding carboxylic acids is 2. The topological polar surface area (TPSA) is 128 Å². The van der Waals surface area contributed by atoms with Gasteiger partial charge in [0, 0.05) is 23.1 Å². The molecule has 0 unspecified atom stereocenters. The lowest BCUT2D eigenvalue weighted by Gasteiger charge is -2.12. The van der Waals surface area contributed by atoms with E-state index in [9.17, 15) is 9.59 Å². The first-order valence-electron chi connectivity index (χ1n) is 8.26. The van der Waals surface area contributed by atoms with E-state index in [2.05, 4.69) is 29.8 Å². The maximum absolute atomic E-state index is 12.0.